The molecule has 0 aliphatic carbocycles. The van der Waals surface area contributed by atoms with Gasteiger partial charge in [0.15, 0.2) is 0 Å². The third-order valence-corrected chi connectivity index (χ3v) is 2.41. The molecule has 0 rings (SSSR count). The summed E-state index contributed by atoms with van der Waals surface area (Å²) in [4.78, 5) is 4.57. The summed E-state index contributed by atoms with van der Waals surface area (Å²) in [5.74, 6) is 0. The van der Waals surface area contributed by atoms with Crippen LogP contribution >= 0.6 is 0 Å². The van der Waals surface area contributed by atoms with E-state index in [0.29, 0.717) is 0 Å². The van der Waals surface area contributed by atoms with E-state index in [0.717, 1.165) is 12.5 Å². The molecule has 79 valence electrons. The van der Waals surface area contributed by atoms with Crippen LogP contribution in [0.4, 0.5) is 0 Å². The minimum Gasteiger partial charge on any atom is -0.309 e. The van der Waals surface area contributed by atoms with Crippen molar-refractivity contribution < 1.29 is 0 Å². The van der Waals surface area contributed by atoms with Crippen LogP contribution in [0.25, 0.3) is 0 Å². The van der Waals surface area contributed by atoms with Gasteiger partial charge < -0.3 is 9.80 Å². The van der Waals surface area contributed by atoms with Gasteiger partial charge in [-0.25, -0.2) is 0 Å². The Bertz CT molecular complexity index is 111. The molecular weight excluding hydrogens is 160 g/mol. The van der Waals surface area contributed by atoms with E-state index >= 15 is 0 Å². The first-order valence-corrected chi connectivity index (χ1v) is 5.18. The van der Waals surface area contributed by atoms with Crippen molar-refractivity contribution in [3.05, 3.63) is 6.92 Å². The van der Waals surface area contributed by atoms with Gasteiger partial charge in [-0.15, -0.1) is 0 Å². The highest BCUT2D eigenvalue weighted by molar-refractivity contribution is 4.67. The molecule has 0 bridgehead atoms. The Kier molecular flexibility index (Phi) is 7.29. The summed E-state index contributed by atoms with van der Waals surface area (Å²) in [6.07, 6.45) is 4.85. The fourth-order valence-corrected chi connectivity index (χ4v) is 1.54. The summed E-state index contributed by atoms with van der Waals surface area (Å²) in [7, 11) is 8.59. The quantitative estimate of drug-likeness (QED) is 0.597. The van der Waals surface area contributed by atoms with E-state index in [1.165, 1.54) is 25.8 Å². The molecule has 0 saturated carbocycles. The molecule has 1 atom stereocenters. The lowest BCUT2D eigenvalue weighted by Gasteiger charge is -2.24. The van der Waals surface area contributed by atoms with E-state index < -0.39 is 0 Å². The van der Waals surface area contributed by atoms with E-state index in [1.807, 2.05) is 0 Å². The SMILES string of the molecule is [CH2]CCC(CCCN(C)C)N(C)C. The first-order valence-electron chi connectivity index (χ1n) is 5.18. The Morgan fingerprint density at radius 1 is 1.08 bits per heavy atom. The zero-order valence-electron chi connectivity index (χ0n) is 9.71. The molecule has 0 aliphatic rings. The van der Waals surface area contributed by atoms with Gasteiger partial charge in [-0.3, -0.25) is 0 Å². The third kappa shape index (κ3) is 7.03. The second-order valence-electron chi connectivity index (χ2n) is 4.21. The summed E-state index contributed by atoms with van der Waals surface area (Å²) in [6, 6.07) is 0.720. The topological polar surface area (TPSA) is 6.48 Å². The second-order valence-corrected chi connectivity index (χ2v) is 4.21. The predicted octanol–water partition coefficient (Wildman–Crippen LogP) is 1.87. The van der Waals surface area contributed by atoms with Crippen molar-refractivity contribution in [1.82, 2.24) is 9.80 Å². The van der Waals surface area contributed by atoms with Crippen LogP contribution in [0.2, 0.25) is 0 Å². The Labute approximate surface area is 83.9 Å². The summed E-state index contributed by atoms with van der Waals surface area (Å²) in [6.45, 7) is 5.11. The van der Waals surface area contributed by atoms with E-state index in [9.17, 15) is 0 Å². The lowest BCUT2D eigenvalue weighted by molar-refractivity contribution is 0.250. The van der Waals surface area contributed by atoms with Gasteiger partial charge >= 0.3 is 0 Å². The number of hydrogen-bond donors (Lipinski definition) is 0. The maximum Gasteiger partial charge on any atom is 0.00896 e. The Morgan fingerprint density at radius 3 is 2.08 bits per heavy atom. The number of nitrogens with zero attached hydrogens (tertiary/aromatic N) is 2. The fraction of sp³-hybridized carbons (Fsp3) is 0.909. The molecule has 1 radical (unpaired) electrons. The lowest BCUT2D eigenvalue weighted by atomic mass is 10.1. The highest BCUT2D eigenvalue weighted by Crippen LogP contribution is 2.09. The largest absolute Gasteiger partial charge is 0.309 e. The van der Waals surface area contributed by atoms with Gasteiger partial charge in [0.25, 0.3) is 0 Å². The molecule has 0 spiro atoms. The molecule has 0 saturated heterocycles. The molecule has 2 heteroatoms. The van der Waals surface area contributed by atoms with Crippen LogP contribution in [-0.4, -0.2) is 50.6 Å². The van der Waals surface area contributed by atoms with Gasteiger partial charge in [0.1, 0.15) is 0 Å². The van der Waals surface area contributed by atoms with Crippen LogP contribution < -0.4 is 0 Å². The Morgan fingerprint density at radius 2 is 1.69 bits per heavy atom. The molecule has 1 unspecified atom stereocenters. The molecular formula is C11H25N2. The van der Waals surface area contributed by atoms with Gasteiger partial charge in [-0.2, -0.15) is 0 Å². The minimum atomic E-state index is 0.720. The van der Waals surface area contributed by atoms with Gasteiger partial charge in [0.05, 0.1) is 0 Å². The highest BCUT2D eigenvalue weighted by Gasteiger charge is 2.09. The minimum absolute atomic E-state index is 0.720. The van der Waals surface area contributed by atoms with E-state index in [4.69, 9.17) is 0 Å². The zero-order chi connectivity index (χ0) is 10.3. The average molecular weight is 185 g/mol. The van der Waals surface area contributed by atoms with Crippen molar-refractivity contribution in [2.45, 2.75) is 31.7 Å². The van der Waals surface area contributed by atoms with Crippen LogP contribution in [-0.2, 0) is 0 Å². The van der Waals surface area contributed by atoms with Crippen molar-refractivity contribution in [1.29, 1.82) is 0 Å². The fourth-order valence-electron chi connectivity index (χ4n) is 1.54. The van der Waals surface area contributed by atoms with Crippen LogP contribution in [0, 0.1) is 6.92 Å². The van der Waals surface area contributed by atoms with Crippen LogP contribution in [0.15, 0.2) is 0 Å². The zero-order valence-corrected chi connectivity index (χ0v) is 9.71. The molecule has 0 aliphatic heterocycles. The number of hydrogen-bond acceptors (Lipinski definition) is 2. The summed E-state index contributed by atoms with van der Waals surface area (Å²) in [5.41, 5.74) is 0. The Balaban J connectivity index is 3.57. The van der Waals surface area contributed by atoms with Crippen molar-refractivity contribution in [3.8, 4) is 0 Å². The lowest BCUT2D eigenvalue weighted by Crippen LogP contribution is -2.28. The molecule has 0 heterocycles. The summed E-state index contributed by atoms with van der Waals surface area (Å²) >= 11 is 0. The molecule has 13 heavy (non-hydrogen) atoms. The first-order chi connectivity index (χ1) is 6.07. The van der Waals surface area contributed by atoms with Crippen LogP contribution in [0.5, 0.6) is 0 Å². The van der Waals surface area contributed by atoms with Crippen molar-refractivity contribution in [3.63, 3.8) is 0 Å². The van der Waals surface area contributed by atoms with Crippen molar-refractivity contribution in [2.24, 2.45) is 0 Å². The highest BCUT2D eigenvalue weighted by atomic mass is 15.1. The van der Waals surface area contributed by atoms with Crippen molar-refractivity contribution >= 4 is 0 Å². The molecule has 0 amide bonds. The Hall–Kier alpha value is -0.0800. The summed E-state index contributed by atoms with van der Waals surface area (Å²) in [5, 5.41) is 0. The van der Waals surface area contributed by atoms with Gasteiger partial charge in [-0.1, -0.05) is 13.3 Å². The molecule has 0 N–H and O–H groups in total. The van der Waals surface area contributed by atoms with Crippen LogP contribution in [0.3, 0.4) is 0 Å². The first kappa shape index (κ1) is 12.9. The van der Waals surface area contributed by atoms with Crippen LogP contribution in [0.1, 0.15) is 25.7 Å². The monoisotopic (exact) mass is 185 g/mol. The molecule has 0 aromatic rings. The van der Waals surface area contributed by atoms with E-state index in [2.05, 4.69) is 44.9 Å². The molecule has 2 nitrogen and oxygen atoms in total. The number of rotatable bonds is 7. The smallest absolute Gasteiger partial charge is 0.00896 e. The van der Waals surface area contributed by atoms with E-state index in [-0.39, 0.29) is 0 Å². The average Bonchev–Trinajstić information content (AvgIpc) is 2.02. The van der Waals surface area contributed by atoms with Gasteiger partial charge in [-0.05, 0) is 54.0 Å². The second kappa shape index (κ2) is 7.34. The third-order valence-electron chi connectivity index (χ3n) is 2.41. The maximum atomic E-state index is 3.91. The molecule has 0 aromatic carbocycles. The normalized spacial score (nSPS) is 14.1. The maximum absolute atomic E-state index is 3.91. The molecule has 0 aromatic heterocycles. The van der Waals surface area contributed by atoms with E-state index in [1.54, 1.807) is 0 Å². The predicted molar refractivity (Wildman–Crippen MR) is 59.9 cm³/mol. The van der Waals surface area contributed by atoms with Gasteiger partial charge in [0.2, 0.25) is 0 Å². The summed E-state index contributed by atoms with van der Waals surface area (Å²) < 4.78 is 0. The molecule has 0 fully saturated rings. The van der Waals surface area contributed by atoms with Crippen molar-refractivity contribution in [2.75, 3.05) is 34.7 Å². The van der Waals surface area contributed by atoms with Gasteiger partial charge in [0, 0.05) is 6.04 Å². The standard InChI is InChI=1S/C11H25N2/c1-6-8-11(13(4)5)9-7-10-12(2)3/h11H,1,6-10H2,2-5H3.